The first kappa shape index (κ1) is 36.7. The minimum Gasteiger partial charge on any atom is -0.497 e. The van der Waals surface area contributed by atoms with Crippen LogP contribution in [0.1, 0.15) is 56.9 Å². The predicted molar refractivity (Wildman–Crippen MR) is 201 cm³/mol. The van der Waals surface area contributed by atoms with Crippen LogP contribution in [0.3, 0.4) is 0 Å². The van der Waals surface area contributed by atoms with Gasteiger partial charge in [0.15, 0.2) is 25.5 Å². The van der Waals surface area contributed by atoms with Crippen LogP contribution in [0.15, 0.2) is 42.6 Å². The molecular weight excluding hydrogens is 700 g/mol. The molecule has 1 amide bonds. The summed E-state index contributed by atoms with van der Waals surface area (Å²) in [5.74, 6) is 1.49. The number of hydrogen-bond acceptors (Lipinski definition) is 11. The molecule has 0 spiro atoms. The molecule has 2 fully saturated rings. The Kier molecular flexibility index (Phi) is 10.2. The standard InChI is InChI=1S/C36H43ClN10O4Si/c1-36(2,3)52(5,6)51-30-21-45(14-13-27(30)42-35(48)49)29-16-23(17-38)15-28(31(29)37)41-34-43-33(32-40-19-25(18-39)47(32)44-34)46(24-9-10-24)20-22-7-11-26(50-4)12-8-22/h7-8,11-12,15-16,19,24,27,30,42H,9-10,13-14,20-21H2,1-6H3,(H,41,44)(H,48,49)/t27-,30+/m0/s1. The molecule has 6 rings (SSSR count). The normalized spacial score (nSPS) is 17.7. The lowest BCUT2D eigenvalue weighted by molar-refractivity contribution is 0.115. The molecule has 0 bridgehead atoms. The van der Waals surface area contributed by atoms with Crippen molar-refractivity contribution in [2.24, 2.45) is 0 Å². The van der Waals surface area contributed by atoms with Gasteiger partial charge in [-0.15, -0.1) is 5.10 Å². The Morgan fingerprint density at radius 2 is 1.88 bits per heavy atom. The largest absolute Gasteiger partial charge is 0.497 e. The maximum atomic E-state index is 11.7. The zero-order valence-electron chi connectivity index (χ0n) is 30.1. The second-order valence-electron chi connectivity index (χ2n) is 14.8. The summed E-state index contributed by atoms with van der Waals surface area (Å²) in [7, 11) is -0.663. The number of ether oxygens (including phenoxy) is 1. The zero-order valence-corrected chi connectivity index (χ0v) is 31.9. The van der Waals surface area contributed by atoms with Gasteiger partial charge in [-0.25, -0.2) is 9.78 Å². The number of methoxy groups -OCH3 is 1. The van der Waals surface area contributed by atoms with Gasteiger partial charge in [0, 0.05) is 25.7 Å². The smallest absolute Gasteiger partial charge is 0.404 e. The van der Waals surface area contributed by atoms with E-state index in [-0.39, 0.29) is 22.7 Å². The molecule has 1 aliphatic heterocycles. The number of carbonyl (C=O) groups is 1. The maximum absolute atomic E-state index is 11.7. The van der Waals surface area contributed by atoms with Crippen molar-refractivity contribution in [2.45, 2.75) is 82.9 Å². The van der Waals surface area contributed by atoms with Crippen LogP contribution in [0.5, 0.6) is 5.75 Å². The van der Waals surface area contributed by atoms with E-state index in [2.05, 4.69) is 71.6 Å². The van der Waals surface area contributed by atoms with Crippen LogP contribution in [0, 0.1) is 22.7 Å². The fourth-order valence-corrected chi connectivity index (χ4v) is 7.75. The summed E-state index contributed by atoms with van der Waals surface area (Å²) in [4.78, 5) is 25.4. The molecule has 14 nitrogen and oxygen atoms in total. The molecule has 0 unspecified atom stereocenters. The van der Waals surface area contributed by atoms with Crippen LogP contribution in [0.4, 0.5) is 27.9 Å². The molecule has 2 aromatic heterocycles. The van der Waals surface area contributed by atoms with Crippen molar-refractivity contribution in [1.82, 2.24) is 24.9 Å². The van der Waals surface area contributed by atoms with E-state index in [1.165, 1.54) is 10.7 Å². The highest BCUT2D eigenvalue weighted by Crippen LogP contribution is 2.41. The van der Waals surface area contributed by atoms with Crippen molar-refractivity contribution in [1.29, 1.82) is 10.5 Å². The Morgan fingerprint density at radius 3 is 2.50 bits per heavy atom. The van der Waals surface area contributed by atoms with Gasteiger partial charge in [-0.05, 0) is 67.2 Å². The Balaban J connectivity index is 1.36. The Labute approximate surface area is 309 Å². The summed E-state index contributed by atoms with van der Waals surface area (Å²) in [6, 6.07) is 15.4. The minimum atomic E-state index is -2.30. The first-order valence-corrected chi connectivity index (χ1v) is 20.5. The molecule has 272 valence electrons. The lowest BCUT2D eigenvalue weighted by atomic mass is 10.0. The number of nitriles is 2. The highest BCUT2D eigenvalue weighted by Gasteiger charge is 2.43. The van der Waals surface area contributed by atoms with Crippen LogP contribution in [0.25, 0.3) is 5.65 Å². The Morgan fingerprint density at radius 1 is 1.15 bits per heavy atom. The monoisotopic (exact) mass is 742 g/mol. The number of nitrogens with zero attached hydrogens (tertiary/aromatic N) is 8. The fourth-order valence-electron chi connectivity index (χ4n) is 6.13. The third-order valence-corrected chi connectivity index (χ3v) is 15.0. The topological polar surface area (TPSA) is 177 Å². The van der Waals surface area contributed by atoms with E-state index in [1.807, 2.05) is 29.2 Å². The SMILES string of the molecule is COc1ccc(CN(c2nc(Nc3cc(C#N)cc(N4CC[C@H](NC(=O)O)[C@H](O[Si](C)(C)C(C)(C)C)C4)c3Cl)nn3c(C#N)cnc23)C2CC2)cc1. The highest BCUT2D eigenvalue weighted by atomic mass is 35.5. The number of rotatable bonds is 11. The van der Waals surface area contributed by atoms with Crippen LogP contribution < -0.4 is 25.2 Å². The van der Waals surface area contributed by atoms with E-state index >= 15 is 0 Å². The number of amides is 1. The third-order valence-electron chi connectivity index (χ3n) is 10.1. The van der Waals surface area contributed by atoms with Crippen molar-refractivity contribution < 1.29 is 19.1 Å². The number of aromatic nitrogens is 4. The minimum absolute atomic E-state index is 0.0944. The number of nitrogens with one attached hydrogen (secondary N) is 2. The molecule has 2 aliphatic rings. The van der Waals surface area contributed by atoms with Gasteiger partial charge >= 0.3 is 6.09 Å². The summed E-state index contributed by atoms with van der Waals surface area (Å²) in [5.41, 5.74) is 3.10. The number of halogens is 1. The molecule has 2 aromatic carbocycles. The molecule has 2 atom stereocenters. The predicted octanol–water partition coefficient (Wildman–Crippen LogP) is 6.68. The van der Waals surface area contributed by atoms with Gasteiger partial charge in [-0.1, -0.05) is 44.5 Å². The molecule has 1 saturated heterocycles. The molecule has 0 radical (unpaired) electrons. The van der Waals surface area contributed by atoms with E-state index in [9.17, 15) is 20.4 Å². The first-order chi connectivity index (χ1) is 24.7. The number of imidazole rings is 1. The second-order valence-corrected chi connectivity index (χ2v) is 19.9. The quantitative estimate of drug-likeness (QED) is 0.139. The molecule has 3 N–H and O–H groups in total. The maximum Gasteiger partial charge on any atom is 0.404 e. The van der Waals surface area contributed by atoms with Crippen molar-refractivity contribution in [3.05, 3.63) is 64.4 Å². The Hall–Kier alpha value is -5.09. The Bertz CT molecular complexity index is 2050. The fraction of sp³-hybridized carbons (Fsp3) is 0.444. The molecule has 1 aliphatic carbocycles. The average molecular weight is 743 g/mol. The summed E-state index contributed by atoms with van der Waals surface area (Å²) in [6.45, 7) is 12.1. The number of piperidine rings is 1. The van der Waals surface area contributed by atoms with Gasteiger partial charge in [0.25, 0.3) is 0 Å². The zero-order chi connectivity index (χ0) is 37.4. The summed E-state index contributed by atoms with van der Waals surface area (Å²) in [6.07, 6.45) is 2.38. The number of hydrogen-bond donors (Lipinski definition) is 3. The van der Waals surface area contributed by atoms with Crippen LogP contribution >= 0.6 is 11.6 Å². The van der Waals surface area contributed by atoms with E-state index in [0.29, 0.717) is 59.5 Å². The lowest BCUT2D eigenvalue weighted by Gasteiger charge is -2.46. The van der Waals surface area contributed by atoms with E-state index in [4.69, 9.17) is 25.7 Å². The molecule has 1 saturated carbocycles. The molecule has 4 aromatic rings. The van der Waals surface area contributed by atoms with Crippen molar-refractivity contribution >= 4 is 54.8 Å². The average Bonchev–Trinajstić information content (AvgIpc) is 3.86. The summed E-state index contributed by atoms with van der Waals surface area (Å²) < 4.78 is 13.6. The molecule has 3 heterocycles. The van der Waals surface area contributed by atoms with Gasteiger partial charge in [-0.3, -0.25) is 0 Å². The second kappa shape index (κ2) is 14.5. The van der Waals surface area contributed by atoms with Gasteiger partial charge < -0.3 is 34.7 Å². The number of anilines is 4. The first-order valence-electron chi connectivity index (χ1n) is 17.2. The van der Waals surface area contributed by atoms with Gasteiger partial charge in [0.05, 0.1) is 53.5 Å². The van der Waals surface area contributed by atoms with Crippen LogP contribution in [-0.2, 0) is 11.0 Å². The van der Waals surface area contributed by atoms with Crippen LogP contribution in [-0.4, -0.2) is 77.5 Å². The summed E-state index contributed by atoms with van der Waals surface area (Å²) in [5, 5.41) is 40.4. The van der Waals surface area contributed by atoms with Gasteiger partial charge in [-0.2, -0.15) is 20.0 Å². The van der Waals surface area contributed by atoms with Crippen molar-refractivity contribution in [3.8, 4) is 17.9 Å². The van der Waals surface area contributed by atoms with Gasteiger partial charge in [0.1, 0.15) is 11.8 Å². The molecule has 52 heavy (non-hydrogen) atoms. The van der Waals surface area contributed by atoms with Crippen molar-refractivity contribution in [3.63, 3.8) is 0 Å². The summed E-state index contributed by atoms with van der Waals surface area (Å²) >= 11 is 7.14. The molecular formula is C36H43ClN10O4Si. The number of fused-ring (bicyclic) bond motifs is 1. The highest BCUT2D eigenvalue weighted by molar-refractivity contribution is 6.74. The lowest BCUT2D eigenvalue weighted by Crippen LogP contribution is -2.59. The van der Waals surface area contributed by atoms with Gasteiger partial charge in [0.2, 0.25) is 5.95 Å². The number of carboxylic acid groups (broad SMARTS) is 1. The van der Waals surface area contributed by atoms with E-state index in [1.54, 1.807) is 19.2 Å². The number of benzene rings is 2. The van der Waals surface area contributed by atoms with E-state index < -0.39 is 26.6 Å². The third kappa shape index (κ3) is 7.72. The van der Waals surface area contributed by atoms with Crippen LogP contribution in [0.2, 0.25) is 23.2 Å². The van der Waals surface area contributed by atoms with E-state index in [0.717, 1.165) is 24.2 Å². The van der Waals surface area contributed by atoms with Crippen molar-refractivity contribution in [2.75, 3.05) is 35.3 Å². The molecule has 16 heteroatoms.